The Bertz CT molecular complexity index is 1030. The third-order valence-electron chi connectivity index (χ3n) is 4.79. The van der Waals surface area contributed by atoms with Gasteiger partial charge in [0, 0.05) is 5.56 Å². The number of carbonyl (C=O) groups is 1. The van der Waals surface area contributed by atoms with Gasteiger partial charge in [-0.25, -0.2) is 9.07 Å². The molecule has 2 aromatic carbocycles. The Hall–Kier alpha value is -2.80. The Labute approximate surface area is 166 Å². The van der Waals surface area contributed by atoms with Crippen LogP contribution < -0.4 is 10.1 Å². The van der Waals surface area contributed by atoms with Gasteiger partial charge in [0.1, 0.15) is 17.4 Å². The summed E-state index contributed by atoms with van der Waals surface area (Å²) in [5, 5.41) is 7.33. The number of nitrogens with one attached hydrogen (secondary N) is 1. The van der Waals surface area contributed by atoms with Crippen LogP contribution in [-0.4, -0.2) is 28.0 Å². The van der Waals surface area contributed by atoms with E-state index in [2.05, 4.69) is 10.4 Å². The number of carbonyl (C=O) groups excluding carboxylic acids is 1. The first-order valence-electron chi connectivity index (χ1n) is 8.93. The van der Waals surface area contributed by atoms with Crippen LogP contribution in [0.15, 0.2) is 48.5 Å². The van der Waals surface area contributed by atoms with Crippen LogP contribution in [0.4, 0.5) is 10.2 Å². The monoisotopic (exact) mass is 397 g/mol. The molecule has 0 bridgehead atoms. The average Bonchev–Trinajstić information content (AvgIpc) is 2.94. The van der Waals surface area contributed by atoms with Crippen molar-refractivity contribution in [3.8, 4) is 11.4 Å². The van der Waals surface area contributed by atoms with Crippen LogP contribution in [0.3, 0.4) is 0 Å². The number of anilines is 1. The van der Waals surface area contributed by atoms with Gasteiger partial charge in [0.05, 0.1) is 29.0 Å². The van der Waals surface area contributed by atoms with Gasteiger partial charge in [-0.3, -0.25) is 4.79 Å². The second kappa shape index (κ2) is 7.31. The topological polar surface area (TPSA) is 56.1 Å². The SMILES string of the molecule is COc1cccc([C@H]2S[C@@H](C)C(=O)Nc3c2c(C)nn3-c2ccc(F)cc2)c1. The standard InChI is InChI=1S/C21H20FN3O2S/c1-12-18-19(14-5-4-6-17(11-14)27-3)28-13(2)21(26)23-20(18)25(24-12)16-9-7-15(22)8-10-16/h4-11,13,19H,1-3H3,(H,23,26)/t13-,19+/m0/s1. The first-order valence-corrected chi connectivity index (χ1v) is 9.88. The van der Waals surface area contributed by atoms with Crippen molar-refractivity contribution in [2.45, 2.75) is 24.3 Å². The van der Waals surface area contributed by atoms with Gasteiger partial charge in [-0.05, 0) is 55.8 Å². The molecule has 0 unspecified atom stereocenters. The molecule has 2 heterocycles. The molecule has 0 radical (unpaired) electrons. The molecule has 4 rings (SSSR count). The molecule has 5 nitrogen and oxygen atoms in total. The summed E-state index contributed by atoms with van der Waals surface area (Å²) in [6.07, 6.45) is 0. The largest absolute Gasteiger partial charge is 0.497 e. The molecule has 0 fully saturated rings. The average molecular weight is 397 g/mol. The number of hydrogen-bond acceptors (Lipinski definition) is 4. The summed E-state index contributed by atoms with van der Waals surface area (Å²) >= 11 is 1.57. The molecule has 1 amide bonds. The van der Waals surface area contributed by atoms with E-state index < -0.39 is 0 Å². The van der Waals surface area contributed by atoms with Crippen molar-refractivity contribution in [3.63, 3.8) is 0 Å². The number of methoxy groups -OCH3 is 1. The van der Waals surface area contributed by atoms with E-state index in [9.17, 15) is 9.18 Å². The Balaban J connectivity index is 1.89. The zero-order chi connectivity index (χ0) is 19.8. The third-order valence-corrected chi connectivity index (χ3v) is 6.19. The number of benzene rings is 2. The van der Waals surface area contributed by atoms with E-state index in [1.165, 1.54) is 12.1 Å². The highest BCUT2D eigenvalue weighted by Gasteiger charge is 2.34. The van der Waals surface area contributed by atoms with Gasteiger partial charge in [-0.15, -0.1) is 11.8 Å². The number of amides is 1. The molecule has 0 spiro atoms. The summed E-state index contributed by atoms with van der Waals surface area (Å²) in [5.41, 5.74) is 3.49. The molecule has 7 heteroatoms. The van der Waals surface area contributed by atoms with Crippen LogP contribution in [0.25, 0.3) is 5.69 Å². The Morgan fingerprint density at radius 1 is 1.21 bits per heavy atom. The van der Waals surface area contributed by atoms with Gasteiger partial charge >= 0.3 is 0 Å². The maximum absolute atomic E-state index is 13.4. The summed E-state index contributed by atoms with van der Waals surface area (Å²) in [6.45, 7) is 3.82. The highest BCUT2D eigenvalue weighted by molar-refractivity contribution is 8.01. The number of nitrogens with zero attached hydrogens (tertiary/aromatic N) is 2. The smallest absolute Gasteiger partial charge is 0.238 e. The molecule has 144 valence electrons. The number of ether oxygens (including phenoxy) is 1. The van der Waals surface area contributed by atoms with Crippen LogP contribution in [-0.2, 0) is 4.79 Å². The number of hydrogen-bond donors (Lipinski definition) is 1. The molecule has 0 saturated heterocycles. The molecular weight excluding hydrogens is 377 g/mol. The van der Waals surface area contributed by atoms with Crippen molar-refractivity contribution in [2.24, 2.45) is 0 Å². The lowest BCUT2D eigenvalue weighted by Gasteiger charge is -2.18. The quantitative estimate of drug-likeness (QED) is 0.707. The number of rotatable bonds is 3. The minimum Gasteiger partial charge on any atom is -0.497 e. The number of halogens is 1. The molecular formula is C21H20FN3O2S. The number of aryl methyl sites for hydroxylation is 1. The molecule has 1 aliphatic heterocycles. The predicted octanol–water partition coefficient (Wildman–Crippen LogP) is 4.49. The Kier molecular flexibility index (Phi) is 4.85. The van der Waals surface area contributed by atoms with Crippen molar-refractivity contribution in [1.29, 1.82) is 0 Å². The summed E-state index contributed by atoms with van der Waals surface area (Å²) in [6, 6.07) is 13.9. The van der Waals surface area contributed by atoms with Crippen molar-refractivity contribution < 1.29 is 13.9 Å². The molecule has 3 aromatic rings. The number of aromatic nitrogens is 2. The van der Waals surface area contributed by atoms with Crippen LogP contribution in [0.2, 0.25) is 0 Å². The molecule has 1 aliphatic rings. The van der Waals surface area contributed by atoms with E-state index in [1.807, 2.05) is 38.1 Å². The molecule has 1 aromatic heterocycles. The summed E-state index contributed by atoms with van der Waals surface area (Å²) in [5.74, 6) is 0.985. The number of fused-ring (bicyclic) bond motifs is 1. The van der Waals surface area contributed by atoms with E-state index in [0.717, 1.165) is 22.6 Å². The summed E-state index contributed by atoms with van der Waals surface area (Å²) in [7, 11) is 1.64. The fourth-order valence-electron chi connectivity index (χ4n) is 3.34. The molecule has 28 heavy (non-hydrogen) atoms. The van der Waals surface area contributed by atoms with E-state index in [4.69, 9.17) is 4.74 Å². The minimum absolute atomic E-state index is 0.0834. The van der Waals surface area contributed by atoms with Crippen LogP contribution in [0.5, 0.6) is 5.75 Å². The van der Waals surface area contributed by atoms with E-state index in [0.29, 0.717) is 11.5 Å². The maximum Gasteiger partial charge on any atom is 0.238 e. The van der Waals surface area contributed by atoms with Crippen molar-refractivity contribution in [2.75, 3.05) is 12.4 Å². The van der Waals surface area contributed by atoms with Crippen molar-refractivity contribution in [3.05, 3.63) is 71.2 Å². The Morgan fingerprint density at radius 2 is 1.96 bits per heavy atom. The van der Waals surface area contributed by atoms with Crippen LogP contribution >= 0.6 is 11.8 Å². The van der Waals surface area contributed by atoms with Crippen molar-refractivity contribution >= 4 is 23.5 Å². The van der Waals surface area contributed by atoms with Gasteiger partial charge in [-0.2, -0.15) is 5.10 Å². The van der Waals surface area contributed by atoms with Gasteiger partial charge in [0.15, 0.2) is 0 Å². The first kappa shape index (κ1) is 18.6. The fraction of sp³-hybridized carbons (Fsp3) is 0.238. The van der Waals surface area contributed by atoms with E-state index in [1.54, 1.807) is 35.7 Å². The molecule has 0 aliphatic carbocycles. The maximum atomic E-state index is 13.4. The van der Waals surface area contributed by atoms with Gasteiger partial charge in [0.2, 0.25) is 5.91 Å². The zero-order valence-electron chi connectivity index (χ0n) is 15.8. The highest BCUT2D eigenvalue weighted by Crippen LogP contribution is 2.46. The van der Waals surface area contributed by atoms with Gasteiger partial charge < -0.3 is 10.1 Å². The highest BCUT2D eigenvalue weighted by atomic mass is 32.2. The molecule has 2 atom stereocenters. The molecule has 0 saturated carbocycles. The van der Waals surface area contributed by atoms with E-state index in [-0.39, 0.29) is 22.2 Å². The third kappa shape index (κ3) is 3.26. The lowest BCUT2D eigenvalue weighted by molar-refractivity contribution is -0.115. The minimum atomic E-state index is -0.318. The van der Waals surface area contributed by atoms with Gasteiger partial charge in [-0.1, -0.05) is 12.1 Å². The van der Waals surface area contributed by atoms with Gasteiger partial charge in [0.25, 0.3) is 0 Å². The summed E-state index contributed by atoms with van der Waals surface area (Å²) < 4.78 is 20.4. The number of thioether (sulfide) groups is 1. The fourth-order valence-corrected chi connectivity index (χ4v) is 4.66. The second-order valence-electron chi connectivity index (χ2n) is 6.66. The lowest BCUT2D eigenvalue weighted by atomic mass is 10.0. The van der Waals surface area contributed by atoms with Crippen molar-refractivity contribution in [1.82, 2.24) is 9.78 Å². The second-order valence-corrected chi connectivity index (χ2v) is 8.11. The normalized spacial score (nSPS) is 18.9. The Morgan fingerprint density at radius 3 is 2.68 bits per heavy atom. The summed E-state index contributed by atoms with van der Waals surface area (Å²) in [4.78, 5) is 12.7. The first-order chi connectivity index (χ1) is 13.5. The van der Waals surface area contributed by atoms with E-state index >= 15 is 0 Å². The zero-order valence-corrected chi connectivity index (χ0v) is 16.6. The predicted molar refractivity (Wildman–Crippen MR) is 109 cm³/mol. The lowest BCUT2D eigenvalue weighted by Crippen LogP contribution is -2.22. The van der Waals surface area contributed by atoms with Crippen LogP contribution in [0.1, 0.15) is 29.0 Å². The van der Waals surface area contributed by atoms with Crippen LogP contribution in [0, 0.1) is 12.7 Å². The molecule has 1 N–H and O–H groups in total.